The van der Waals surface area contributed by atoms with Gasteiger partial charge in [-0.25, -0.2) is 4.98 Å². The van der Waals surface area contributed by atoms with Crippen LogP contribution in [-0.2, 0) is 4.74 Å². The van der Waals surface area contributed by atoms with Crippen molar-refractivity contribution in [1.29, 1.82) is 0 Å². The van der Waals surface area contributed by atoms with Gasteiger partial charge < -0.3 is 23.6 Å². The highest BCUT2D eigenvalue weighted by Crippen LogP contribution is 2.37. The van der Waals surface area contributed by atoms with Gasteiger partial charge in [0.15, 0.2) is 11.5 Å². The third kappa shape index (κ3) is 3.88. The summed E-state index contributed by atoms with van der Waals surface area (Å²) in [7, 11) is 4.93. The van der Waals surface area contributed by atoms with Crippen molar-refractivity contribution in [3.8, 4) is 34.3 Å². The molecule has 0 N–H and O–H groups in total. The number of hydrogen-bond donors (Lipinski definition) is 0. The fraction of sp³-hybridized carbons (Fsp3) is 0.381. The second-order valence-corrected chi connectivity index (χ2v) is 6.82. The Morgan fingerprint density at radius 3 is 2.72 bits per heavy atom. The van der Waals surface area contributed by atoms with E-state index in [-0.39, 0.29) is 6.10 Å². The number of aromatic nitrogens is 3. The predicted octanol–water partition coefficient (Wildman–Crippen LogP) is 3.43. The number of piperidine rings is 1. The lowest BCUT2D eigenvalue weighted by molar-refractivity contribution is 0.0891. The number of pyridine rings is 1. The largest absolute Gasteiger partial charge is 0.493 e. The molecule has 0 saturated carbocycles. The van der Waals surface area contributed by atoms with E-state index < -0.39 is 0 Å². The normalized spacial score (nSPS) is 16.7. The van der Waals surface area contributed by atoms with Crippen molar-refractivity contribution in [3.05, 3.63) is 36.5 Å². The molecule has 0 spiro atoms. The second kappa shape index (κ2) is 8.48. The van der Waals surface area contributed by atoms with Gasteiger partial charge in [0.25, 0.3) is 5.89 Å². The summed E-state index contributed by atoms with van der Waals surface area (Å²) in [6, 6.07) is 9.46. The average molecular weight is 396 g/mol. The first kappa shape index (κ1) is 19.2. The highest BCUT2D eigenvalue weighted by Gasteiger charge is 2.21. The zero-order valence-electron chi connectivity index (χ0n) is 16.8. The first-order valence-corrected chi connectivity index (χ1v) is 9.52. The number of anilines is 1. The number of benzene rings is 1. The van der Waals surface area contributed by atoms with Crippen LogP contribution in [0.5, 0.6) is 11.5 Å². The molecule has 1 fully saturated rings. The Kier molecular flexibility index (Phi) is 5.62. The zero-order valence-corrected chi connectivity index (χ0v) is 16.8. The van der Waals surface area contributed by atoms with Crippen LogP contribution >= 0.6 is 0 Å². The van der Waals surface area contributed by atoms with E-state index in [1.807, 2.05) is 30.3 Å². The topological polar surface area (TPSA) is 82.7 Å². The quantitative estimate of drug-likeness (QED) is 0.627. The van der Waals surface area contributed by atoms with Gasteiger partial charge in [-0.15, -0.1) is 0 Å². The highest BCUT2D eigenvalue weighted by molar-refractivity contribution is 5.69. The lowest BCUT2D eigenvalue weighted by Gasteiger charge is -2.32. The monoisotopic (exact) mass is 396 g/mol. The van der Waals surface area contributed by atoms with Crippen molar-refractivity contribution < 1.29 is 18.7 Å². The average Bonchev–Trinajstić information content (AvgIpc) is 3.28. The number of nitrogens with zero attached hydrogens (tertiary/aromatic N) is 4. The minimum Gasteiger partial charge on any atom is -0.493 e. The van der Waals surface area contributed by atoms with Crippen molar-refractivity contribution in [2.24, 2.45) is 0 Å². The molecular formula is C21H24N4O4. The summed E-state index contributed by atoms with van der Waals surface area (Å²) in [5.41, 5.74) is 1.46. The van der Waals surface area contributed by atoms with E-state index in [1.54, 1.807) is 27.5 Å². The van der Waals surface area contributed by atoms with Crippen LogP contribution < -0.4 is 14.4 Å². The lowest BCUT2D eigenvalue weighted by atomic mass is 10.1. The second-order valence-electron chi connectivity index (χ2n) is 6.82. The van der Waals surface area contributed by atoms with E-state index in [1.165, 1.54) is 0 Å². The van der Waals surface area contributed by atoms with Crippen molar-refractivity contribution >= 4 is 5.82 Å². The Balaban J connectivity index is 1.56. The summed E-state index contributed by atoms with van der Waals surface area (Å²) >= 11 is 0. The highest BCUT2D eigenvalue weighted by atomic mass is 16.5. The molecule has 8 heteroatoms. The van der Waals surface area contributed by atoms with Crippen LogP contribution in [0.4, 0.5) is 5.82 Å². The van der Waals surface area contributed by atoms with E-state index in [0.29, 0.717) is 28.8 Å². The van der Waals surface area contributed by atoms with Gasteiger partial charge in [0.05, 0.1) is 31.5 Å². The SMILES string of the molecule is COc1cccc(-c2noc(-c3ccc(N4CCC[C@@H](OC)C4)nc3)n2)c1OC. The molecule has 0 amide bonds. The molecule has 1 atom stereocenters. The fourth-order valence-electron chi connectivity index (χ4n) is 3.55. The molecule has 0 bridgehead atoms. The molecule has 1 aliphatic heterocycles. The van der Waals surface area contributed by atoms with E-state index in [2.05, 4.69) is 20.0 Å². The van der Waals surface area contributed by atoms with Crippen LogP contribution in [-0.4, -0.2) is 55.6 Å². The summed E-state index contributed by atoms with van der Waals surface area (Å²) in [6.45, 7) is 1.83. The van der Waals surface area contributed by atoms with Gasteiger partial charge in [-0.3, -0.25) is 0 Å². The van der Waals surface area contributed by atoms with Crippen LogP contribution in [0.2, 0.25) is 0 Å². The Morgan fingerprint density at radius 2 is 2.00 bits per heavy atom. The molecule has 1 saturated heterocycles. The fourth-order valence-corrected chi connectivity index (χ4v) is 3.55. The van der Waals surface area contributed by atoms with Gasteiger partial charge in [-0.1, -0.05) is 11.2 Å². The molecule has 0 radical (unpaired) electrons. The van der Waals surface area contributed by atoms with E-state index >= 15 is 0 Å². The molecule has 2 aromatic heterocycles. The maximum absolute atomic E-state index is 5.49. The number of hydrogen-bond acceptors (Lipinski definition) is 8. The molecule has 152 valence electrons. The van der Waals surface area contributed by atoms with Crippen molar-refractivity contribution in [2.45, 2.75) is 18.9 Å². The predicted molar refractivity (Wildman–Crippen MR) is 108 cm³/mol. The van der Waals surface area contributed by atoms with E-state index in [4.69, 9.17) is 18.7 Å². The number of ether oxygens (including phenoxy) is 3. The van der Waals surface area contributed by atoms with Crippen LogP contribution in [0.1, 0.15) is 12.8 Å². The zero-order chi connectivity index (χ0) is 20.2. The standard InChI is InChI=1S/C21H24N4O4/c1-26-15-6-5-11-25(13-15)18-10-9-14(12-22-18)21-23-20(24-29-21)16-7-4-8-17(27-2)19(16)28-3/h4,7-10,12,15H,5-6,11,13H2,1-3H3/t15-/m1/s1. The van der Waals surface area contributed by atoms with E-state index in [0.717, 1.165) is 37.3 Å². The van der Waals surface area contributed by atoms with Gasteiger partial charge in [0.2, 0.25) is 5.82 Å². The van der Waals surface area contributed by atoms with Crippen LogP contribution in [0.25, 0.3) is 22.8 Å². The molecule has 1 aliphatic rings. The number of para-hydroxylation sites is 1. The minimum absolute atomic E-state index is 0.251. The van der Waals surface area contributed by atoms with Crippen molar-refractivity contribution in [2.75, 3.05) is 39.3 Å². The van der Waals surface area contributed by atoms with Crippen molar-refractivity contribution in [3.63, 3.8) is 0 Å². The van der Waals surface area contributed by atoms with Crippen LogP contribution in [0.15, 0.2) is 41.1 Å². The maximum Gasteiger partial charge on any atom is 0.259 e. The first-order chi connectivity index (χ1) is 14.2. The molecule has 3 aromatic rings. The Morgan fingerprint density at radius 1 is 1.10 bits per heavy atom. The molecule has 4 rings (SSSR count). The first-order valence-electron chi connectivity index (χ1n) is 9.52. The summed E-state index contributed by atoms with van der Waals surface area (Å²) in [5.74, 6) is 2.92. The molecule has 29 heavy (non-hydrogen) atoms. The van der Waals surface area contributed by atoms with Gasteiger partial charge in [0, 0.05) is 26.4 Å². The summed E-state index contributed by atoms with van der Waals surface area (Å²) in [5, 5.41) is 4.10. The van der Waals surface area contributed by atoms with Crippen LogP contribution in [0.3, 0.4) is 0 Å². The summed E-state index contributed by atoms with van der Waals surface area (Å²) in [4.78, 5) is 11.3. The third-order valence-electron chi connectivity index (χ3n) is 5.10. The molecular weight excluding hydrogens is 372 g/mol. The molecule has 0 unspecified atom stereocenters. The van der Waals surface area contributed by atoms with Gasteiger partial charge in [0.1, 0.15) is 5.82 Å². The minimum atomic E-state index is 0.251. The Hall–Kier alpha value is -3.13. The summed E-state index contributed by atoms with van der Waals surface area (Å²) < 4.78 is 21.8. The maximum atomic E-state index is 5.49. The van der Waals surface area contributed by atoms with Gasteiger partial charge in [-0.05, 0) is 37.1 Å². The van der Waals surface area contributed by atoms with Crippen LogP contribution in [0, 0.1) is 0 Å². The third-order valence-corrected chi connectivity index (χ3v) is 5.10. The summed E-state index contributed by atoms with van der Waals surface area (Å²) in [6.07, 6.45) is 4.19. The molecule has 3 heterocycles. The molecule has 0 aliphatic carbocycles. The number of methoxy groups -OCH3 is 3. The lowest BCUT2D eigenvalue weighted by Crippen LogP contribution is -2.39. The van der Waals surface area contributed by atoms with Gasteiger partial charge >= 0.3 is 0 Å². The molecule has 1 aromatic carbocycles. The van der Waals surface area contributed by atoms with Crippen molar-refractivity contribution in [1.82, 2.24) is 15.1 Å². The number of rotatable bonds is 6. The smallest absolute Gasteiger partial charge is 0.259 e. The van der Waals surface area contributed by atoms with Gasteiger partial charge in [-0.2, -0.15) is 4.98 Å². The molecule has 8 nitrogen and oxygen atoms in total. The Bertz CT molecular complexity index is 958. The van der Waals surface area contributed by atoms with E-state index in [9.17, 15) is 0 Å². The Labute approximate surface area is 169 Å².